The Kier molecular flexibility index (Phi) is 6.35. The molecule has 26 heavy (non-hydrogen) atoms. The van der Waals surface area contributed by atoms with Gasteiger partial charge in [0.15, 0.2) is 5.82 Å². The lowest BCUT2D eigenvalue weighted by atomic mass is 10.1. The van der Waals surface area contributed by atoms with Crippen molar-refractivity contribution < 1.29 is 22.7 Å². The quantitative estimate of drug-likeness (QED) is 0.540. The monoisotopic (exact) mass is 411 g/mol. The lowest BCUT2D eigenvalue weighted by Crippen LogP contribution is -2.25. The number of rotatable bonds is 6. The third-order valence-corrected chi connectivity index (χ3v) is 4.15. The summed E-state index contributed by atoms with van der Waals surface area (Å²) < 4.78 is 45.5. The van der Waals surface area contributed by atoms with Gasteiger partial charge in [-0.25, -0.2) is 13.8 Å². The van der Waals surface area contributed by atoms with Crippen LogP contribution in [0.4, 0.5) is 13.2 Å². The van der Waals surface area contributed by atoms with Crippen molar-refractivity contribution >= 4 is 29.2 Å². The second-order valence-electron chi connectivity index (χ2n) is 5.21. The van der Waals surface area contributed by atoms with Gasteiger partial charge in [0.05, 0.1) is 6.61 Å². The highest BCUT2D eigenvalue weighted by atomic mass is 35.5. The zero-order valence-electron chi connectivity index (χ0n) is 13.7. The number of hydrogen-bond acceptors (Lipinski definition) is 4. The van der Waals surface area contributed by atoms with Crippen LogP contribution in [0.25, 0.3) is 5.69 Å². The van der Waals surface area contributed by atoms with Gasteiger partial charge in [-0.1, -0.05) is 11.6 Å². The molecule has 0 bridgehead atoms. The van der Waals surface area contributed by atoms with Crippen LogP contribution in [0.5, 0.6) is 0 Å². The minimum Gasteiger partial charge on any atom is -0.465 e. The predicted octanol–water partition coefficient (Wildman–Crippen LogP) is 3.24. The topological polar surface area (TPSA) is 66.1 Å². The maximum absolute atomic E-state index is 14.2. The Morgan fingerprint density at radius 2 is 2.04 bits per heavy atom. The second-order valence-corrected chi connectivity index (χ2v) is 6.14. The number of ether oxygens (including phenoxy) is 1. The van der Waals surface area contributed by atoms with Crippen LogP contribution >= 0.6 is 23.2 Å². The van der Waals surface area contributed by atoms with E-state index in [0.29, 0.717) is 4.68 Å². The van der Waals surface area contributed by atoms with Crippen molar-refractivity contribution in [1.29, 1.82) is 0 Å². The molecular formula is C15H14Cl2F3N3O3. The largest absolute Gasteiger partial charge is 0.465 e. The Bertz CT molecular complexity index is 883. The maximum Gasteiger partial charge on any atom is 0.355 e. The van der Waals surface area contributed by atoms with Crippen molar-refractivity contribution in [2.75, 3.05) is 6.61 Å². The van der Waals surface area contributed by atoms with Crippen molar-refractivity contribution in [3.05, 3.63) is 44.8 Å². The first-order chi connectivity index (χ1) is 12.2. The summed E-state index contributed by atoms with van der Waals surface area (Å²) >= 11 is 11.9. The van der Waals surface area contributed by atoms with Gasteiger partial charge in [-0.15, -0.1) is 16.7 Å². The van der Waals surface area contributed by atoms with Gasteiger partial charge in [0, 0.05) is 11.4 Å². The van der Waals surface area contributed by atoms with E-state index < -0.39 is 29.4 Å². The summed E-state index contributed by atoms with van der Waals surface area (Å²) in [6, 6.07) is 2.03. The van der Waals surface area contributed by atoms with Gasteiger partial charge in [0.25, 0.3) is 0 Å². The summed E-state index contributed by atoms with van der Waals surface area (Å²) in [6.07, 6.45) is -0.115. The minimum atomic E-state index is -3.12. The number of esters is 1. The molecule has 0 radical (unpaired) electrons. The first-order valence-electron chi connectivity index (χ1n) is 7.42. The SMILES string of the molecule is CCOC(=O)[C@@H](Cl)Cc1cc(-n2nc(C)n(C(F)F)c2=O)c(F)cc1Cl. The Hall–Kier alpha value is -2.00. The standard InChI is InChI=1S/C15H14Cl2F3N3O3/c1-3-26-13(24)10(17)4-8-5-12(11(18)6-9(8)16)23-15(25)22(14(19)20)7(2)21-23/h5-6,10,14H,3-4H2,1-2H3/t10-/m0/s1. The van der Waals surface area contributed by atoms with E-state index in [1.54, 1.807) is 6.92 Å². The average Bonchev–Trinajstić information content (AvgIpc) is 2.84. The van der Waals surface area contributed by atoms with Crippen molar-refractivity contribution in [2.45, 2.75) is 32.2 Å². The van der Waals surface area contributed by atoms with Gasteiger partial charge in [-0.3, -0.25) is 4.79 Å². The molecule has 0 N–H and O–H groups in total. The number of halogens is 5. The fraction of sp³-hybridized carbons (Fsp3) is 0.400. The molecule has 1 heterocycles. The van der Waals surface area contributed by atoms with Crippen LogP contribution in [0.2, 0.25) is 5.02 Å². The number of hydrogen-bond donors (Lipinski definition) is 0. The minimum absolute atomic E-state index is 0.0424. The highest BCUT2D eigenvalue weighted by Gasteiger charge is 2.23. The number of benzene rings is 1. The van der Waals surface area contributed by atoms with Crippen LogP contribution in [0.1, 0.15) is 24.9 Å². The van der Waals surface area contributed by atoms with Crippen molar-refractivity contribution in [1.82, 2.24) is 14.3 Å². The zero-order valence-corrected chi connectivity index (χ0v) is 15.2. The average molecular weight is 412 g/mol. The number of carbonyl (C=O) groups excluding carboxylic acids is 1. The highest BCUT2D eigenvalue weighted by Crippen LogP contribution is 2.25. The molecule has 142 valence electrons. The van der Waals surface area contributed by atoms with Crippen molar-refractivity contribution in [2.24, 2.45) is 0 Å². The third kappa shape index (κ3) is 4.04. The van der Waals surface area contributed by atoms with E-state index in [1.165, 1.54) is 6.92 Å². The summed E-state index contributed by atoms with van der Waals surface area (Å²) in [6.45, 7) is -0.195. The summed E-state index contributed by atoms with van der Waals surface area (Å²) in [5.41, 5.74) is -1.37. The molecule has 0 saturated heterocycles. The van der Waals surface area contributed by atoms with Gasteiger partial charge in [-0.2, -0.15) is 13.5 Å². The Balaban J connectivity index is 2.48. The molecule has 0 unspecified atom stereocenters. The van der Waals surface area contributed by atoms with Crippen molar-refractivity contribution in [3.8, 4) is 5.69 Å². The summed E-state index contributed by atoms with van der Waals surface area (Å²) in [5, 5.41) is 2.52. The number of carbonyl (C=O) groups is 1. The molecule has 2 aromatic rings. The van der Waals surface area contributed by atoms with Gasteiger partial charge in [0.1, 0.15) is 16.9 Å². The molecule has 2 rings (SSSR count). The van der Waals surface area contributed by atoms with Crippen LogP contribution in [0.15, 0.2) is 16.9 Å². The normalized spacial score (nSPS) is 12.5. The lowest BCUT2D eigenvalue weighted by molar-refractivity contribution is -0.142. The fourth-order valence-electron chi connectivity index (χ4n) is 2.27. The van der Waals surface area contributed by atoms with Crippen LogP contribution in [-0.2, 0) is 16.0 Å². The summed E-state index contributed by atoms with van der Waals surface area (Å²) in [5.74, 6) is -1.92. The van der Waals surface area contributed by atoms with E-state index >= 15 is 0 Å². The predicted molar refractivity (Wildman–Crippen MR) is 88.8 cm³/mol. The molecular weight excluding hydrogens is 398 g/mol. The van der Waals surface area contributed by atoms with Crippen LogP contribution < -0.4 is 5.69 Å². The smallest absolute Gasteiger partial charge is 0.355 e. The molecule has 0 amide bonds. The molecule has 11 heteroatoms. The molecule has 0 aliphatic carbocycles. The molecule has 0 aliphatic rings. The Labute approximate surface area is 156 Å². The molecule has 0 saturated carbocycles. The molecule has 0 aliphatic heterocycles. The van der Waals surface area contributed by atoms with E-state index in [0.717, 1.165) is 12.1 Å². The molecule has 6 nitrogen and oxygen atoms in total. The van der Waals surface area contributed by atoms with Gasteiger partial charge >= 0.3 is 18.2 Å². The van der Waals surface area contributed by atoms with E-state index in [4.69, 9.17) is 27.9 Å². The lowest BCUT2D eigenvalue weighted by Gasteiger charge is -2.12. The van der Waals surface area contributed by atoms with Gasteiger partial charge < -0.3 is 4.74 Å². The maximum atomic E-state index is 14.2. The van der Waals surface area contributed by atoms with Gasteiger partial charge in [0.2, 0.25) is 0 Å². The summed E-state index contributed by atoms with van der Waals surface area (Å²) in [4.78, 5) is 23.7. The first-order valence-corrected chi connectivity index (χ1v) is 8.24. The number of aryl methyl sites for hydroxylation is 1. The van der Waals surface area contributed by atoms with Crippen molar-refractivity contribution in [3.63, 3.8) is 0 Å². The van der Waals surface area contributed by atoms with Gasteiger partial charge in [-0.05, 0) is 31.5 Å². The highest BCUT2D eigenvalue weighted by molar-refractivity contribution is 6.32. The second kappa shape index (κ2) is 8.13. The molecule has 1 aromatic carbocycles. The van der Waals surface area contributed by atoms with E-state index in [9.17, 15) is 22.8 Å². The van der Waals surface area contributed by atoms with E-state index in [-0.39, 0.29) is 39.7 Å². The fourth-order valence-corrected chi connectivity index (χ4v) is 2.72. The Morgan fingerprint density at radius 1 is 1.38 bits per heavy atom. The number of aromatic nitrogens is 3. The molecule has 0 spiro atoms. The molecule has 1 atom stereocenters. The number of nitrogens with zero attached hydrogens (tertiary/aromatic N) is 3. The summed E-state index contributed by atoms with van der Waals surface area (Å²) in [7, 11) is 0. The molecule has 0 fully saturated rings. The molecule has 1 aromatic heterocycles. The van der Waals surface area contributed by atoms with Crippen LogP contribution in [0, 0.1) is 12.7 Å². The van der Waals surface area contributed by atoms with Crippen LogP contribution in [0.3, 0.4) is 0 Å². The van der Waals surface area contributed by atoms with E-state index in [1.807, 2.05) is 0 Å². The van der Waals surface area contributed by atoms with E-state index in [2.05, 4.69) is 5.10 Å². The first kappa shape index (κ1) is 20.3. The number of alkyl halides is 3. The van der Waals surface area contributed by atoms with Crippen LogP contribution in [-0.4, -0.2) is 32.3 Å². The third-order valence-electron chi connectivity index (χ3n) is 3.46. The zero-order chi connectivity index (χ0) is 19.6. The Morgan fingerprint density at radius 3 is 2.58 bits per heavy atom.